The molecule has 0 radical (unpaired) electrons. The zero-order chi connectivity index (χ0) is 12.8. The van der Waals surface area contributed by atoms with Gasteiger partial charge in [-0.1, -0.05) is 12.1 Å². The molecule has 0 aliphatic carbocycles. The molecular weight excluding hydrogens is 242 g/mol. The summed E-state index contributed by atoms with van der Waals surface area (Å²) in [5.74, 6) is 1.62. The Kier molecular flexibility index (Phi) is 1.91. The Hall–Kier alpha value is -2.83. The van der Waals surface area contributed by atoms with Crippen LogP contribution >= 0.6 is 0 Å². The van der Waals surface area contributed by atoms with Gasteiger partial charge in [-0.3, -0.25) is 4.57 Å². The number of nitrogens with zero attached hydrogens (tertiary/aromatic N) is 7. The molecule has 0 saturated heterocycles. The van der Waals surface area contributed by atoms with Crippen molar-refractivity contribution in [1.29, 1.82) is 0 Å². The third-order valence-corrected chi connectivity index (χ3v) is 3.01. The average Bonchev–Trinajstić information content (AvgIpc) is 3.00. The Morgan fingerprint density at radius 1 is 1.05 bits per heavy atom. The van der Waals surface area contributed by atoms with Gasteiger partial charge in [-0.2, -0.15) is 0 Å². The summed E-state index contributed by atoms with van der Waals surface area (Å²) in [5.41, 5.74) is 2.57. The molecule has 0 bridgehead atoms. The first-order valence-electron chi connectivity index (χ1n) is 5.83. The first-order valence-corrected chi connectivity index (χ1v) is 5.83. The minimum atomic E-state index is 0.617. The third-order valence-electron chi connectivity index (χ3n) is 3.01. The van der Waals surface area contributed by atoms with Crippen molar-refractivity contribution < 1.29 is 0 Å². The molecule has 7 heteroatoms. The molecule has 3 aromatic heterocycles. The van der Waals surface area contributed by atoms with Crippen LogP contribution in [0.5, 0.6) is 0 Å². The number of imidazole rings is 1. The molecule has 0 spiro atoms. The molecule has 0 amide bonds. The average molecular weight is 251 g/mol. The summed E-state index contributed by atoms with van der Waals surface area (Å²) in [4.78, 5) is 4.52. The molecule has 0 N–H and O–H groups in total. The quantitative estimate of drug-likeness (QED) is 0.507. The predicted octanol–water partition coefficient (Wildman–Crippen LogP) is 1.17. The van der Waals surface area contributed by atoms with Crippen molar-refractivity contribution in [2.75, 3.05) is 0 Å². The van der Waals surface area contributed by atoms with Crippen molar-refractivity contribution in [3.8, 4) is 5.82 Å². The van der Waals surface area contributed by atoms with Crippen LogP contribution in [0, 0.1) is 6.92 Å². The molecule has 3 heterocycles. The highest BCUT2D eigenvalue weighted by molar-refractivity contribution is 5.77. The second-order valence-electron chi connectivity index (χ2n) is 4.20. The van der Waals surface area contributed by atoms with E-state index in [0.717, 1.165) is 22.7 Å². The molecule has 0 fully saturated rings. The van der Waals surface area contributed by atoms with Gasteiger partial charge < -0.3 is 0 Å². The van der Waals surface area contributed by atoms with E-state index in [1.165, 1.54) is 4.63 Å². The van der Waals surface area contributed by atoms with Crippen LogP contribution in [0.4, 0.5) is 0 Å². The fourth-order valence-corrected chi connectivity index (χ4v) is 2.20. The number of para-hydroxylation sites is 2. The highest BCUT2D eigenvalue weighted by Gasteiger charge is 2.10. The van der Waals surface area contributed by atoms with Crippen molar-refractivity contribution in [2.24, 2.45) is 0 Å². The van der Waals surface area contributed by atoms with Crippen LogP contribution < -0.4 is 0 Å². The van der Waals surface area contributed by atoms with Gasteiger partial charge >= 0.3 is 0 Å². The van der Waals surface area contributed by atoms with Gasteiger partial charge in [-0.05, 0) is 41.6 Å². The highest BCUT2D eigenvalue weighted by atomic mass is 15.6. The van der Waals surface area contributed by atoms with Crippen molar-refractivity contribution >= 4 is 16.7 Å². The topological polar surface area (TPSA) is 73.8 Å². The van der Waals surface area contributed by atoms with Crippen LogP contribution in [-0.4, -0.2) is 34.8 Å². The first-order chi connectivity index (χ1) is 9.33. The van der Waals surface area contributed by atoms with Crippen LogP contribution in [0.3, 0.4) is 0 Å². The zero-order valence-corrected chi connectivity index (χ0v) is 10.1. The summed E-state index contributed by atoms with van der Waals surface area (Å²) in [6.45, 7) is 1.95. The molecule has 4 rings (SSSR count). The van der Waals surface area contributed by atoms with Gasteiger partial charge in [-0.25, -0.2) is 4.98 Å². The Morgan fingerprint density at radius 2 is 1.95 bits per heavy atom. The lowest BCUT2D eigenvalue weighted by atomic mass is 10.3. The monoisotopic (exact) mass is 251 g/mol. The van der Waals surface area contributed by atoms with E-state index in [9.17, 15) is 0 Å². The second kappa shape index (κ2) is 3.58. The predicted molar refractivity (Wildman–Crippen MR) is 67.9 cm³/mol. The molecule has 19 heavy (non-hydrogen) atoms. The fourth-order valence-electron chi connectivity index (χ4n) is 2.20. The van der Waals surface area contributed by atoms with Crippen molar-refractivity contribution in [3.63, 3.8) is 0 Å². The van der Waals surface area contributed by atoms with Crippen molar-refractivity contribution in [2.45, 2.75) is 6.92 Å². The van der Waals surface area contributed by atoms with E-state index in [-0.39, 0.29) is 0 Å². The molecule has 0 aliphatic rings. The fraction of sp³-hybridized carbons (Fsp3) is 0.0833. The Bertz CT molecular complexity index is 889. The molecule has 0 aliphatic heterocycles. The van der Waals surface area contributed by atoms with Gasteiger partial charge in [0.25, 0.3) is 0 Å². The van der Waals surface area contributed by atoms with Crippen LogP contribution in [0.1, 0.15) is 5.82 Å². The second-order valence-corrected chi connectivity index (χ2v) is 4.20. The Labute approximate surface area is 107 Å². The number of hydrogen-bond acceptors (Lipinski definition) is 5. The summed E-state index contributed by atoms with van der Waals surface area (Å²) in [6.07, 6.45) is 0. The molecular formula is C12H9N7. The normalized spacial score (nSPS) is 11.4. The maximum atomic E-state index is 4.52. The lowest BCUT2D eigenvalue weighted by Gasteiger charge is -2.04. The van der Waals surface area contributed by atoms with E-state index in [1.54, 1.807) is 0 Å². The molecule has 92 valence electrons. The van der Waals surface area contributed by atoms with Gasteiger partial charge in [0, 0.05) is 0 Å². The van der Waals surface area contributed by atoms with Gasteiger partial charge in [0.1, 0.15) is 5.82 Å². The molecule has 4 aromatic rings. The van der Waals surface area contributed by atoms with E-state index < -0.39 is 0 Å². The molecule has 7 nitrogen and oxygen atoms in total. The Balaban J connectivity index is 2.05. The molecule has 0 saturated carbocycles. The van der Waals surface area contributed by atoms with E-state index in [0.29, 0.717) is 5.65 Å². The first kappa shape index (κ1) is 10.1. The van der Waals surface area contributed by atoms with E-state index in [2.05, 4.69) is 25.6 Å². The van der Waals surface area contributed by atoms with E-state index in [4.69, 9.17) is 0 Å². The Morgan fingerprint density at radius 3 is 2.89 bits per heavy atom. The van der Waals surface area contributed by atoms with Crippen molar-refractivity contribution in [1.82, 2.24) is 34.8 Å². The summed E-state index contributed by atoms with van der Waals surface area (Å²) in [7, 11) is 0. The lowest BCUT2D eigenvalue weighted by Crippen LogP contribution is -2.04. The van der Waals surface area contributed by atoms with E-state index in [1.807, 2.05) is 47.9 Å². The minimum absolute atomic E-state index is 0.617. The van der Waals surface area contributed by atoms with Crippen molar-refractivity contribution in [3.05, 3.63) is 42.2 Å². The number of aromatic nitrogens is 7. The molecule has 0 atom stereocenters. The van der Waals surface area contributed by atoms with Gasteiger partial charge in [0.05, 0.1) is 11.0 Å². The molecule has 1 aromatic carbocycles. The lowest BCUT2D eigenvalue weighted by molar-refractivity contribution is 0.717. The van der Waals surface area contributed by atoms with Crippen LogP contribution in [0.25, 0.3) is 22.5 Å². The maximum Gasteiger partial charge on any atom is 0.200 e. The van der Waals surface area contributed by atoms with E-state index >= 15 is 0 Å². The van der Waals surface area contributed by atoms with Crippen LogP contribution in [0.15, 0.2) is 36.4 Å². The number of fused-ring (bicyclic) bond motifs is 2. The smallest absolute Gasteiger partial charge is 0.200 e. The number of benzene rings is 1. The number of rotatable bonds is 1. The standard InChI is InChI=1S/C12H9N7/c1-8-13-9-4-2-3-5-10(9)18(8)12-7-6-11-14-16-17-19(11)15-12/h2-7H,1H3. The van der Waals surface area contributed by atoms with Gasteiger partial charge in [0.15, 0.2) is 11.5 Å². The SMILES string of the molecule is Cc1nc2ccccc2n1-c1ccc2nnnn2n1. The van der Waals surface area contributed by atoms with Crippen LogP contribution in [0.2, 0.25) is 0 Å². The summed E-state index contributed by atoms with van der Waals surface area (Å²) in [5, 5.41) is 15.6. The maximum absolute atomic E-state index is 4.52. The summed E-state index contributed by atoms with van der Waals surface area (Å²) >= 11 is 0. The zero-order valence-electron chi connectivity index (χ0n) is 10.1. The number of hydrogen-bond donors (Lipinski definition) is 0. The largest absolute Gasteiger partial charge is 0.279 e. The van der Waals surface area contributed by atoms with Crippen LogP contribution in [-0.2, 0) is 0 Å². The summed E-state index contributed by atoms with van der Waals surface area (Å²) < 4.78 is 3.39. The minimum Gasteiger partial charge on any atom is -0.279 e. The highest BCUT2D eigenvalue weighted by Crippen LogP contribution is 2.19. The van der Waals surface area contributed by atoms with Gasteiger partial charge in [-0.15, -0.1) is 14.8 Å². The number of aryl methyl sites for hydroxylation is 1. The number of tetrazole rings is 1. The molecule has 0 unspecified atom stereocenters. The van der Waals surface area contributed by atoms with Gasteiger partial charge in [0.2, 0.25) is 0 Å². The summed E-state index contributed by atoms with van der Waals surface area (Å²) in [6, 6.07) is 11.7. The third kappa shape index (κ3) is 1.41.